The second kappa shape index (κ2) is 5.82. The lowest BCUT2D eigenvalue weighted by Gasteiger charge is -2.32. The van der Waals surface area contributed by atoms with Gasteiger partial charge in [0.1, 0.15) is 0 Å². The highest BCUT2D eigenvalue weighted by molar-refractivity contribution is 5.82. The number of hydrogen-bond donors (Lipinski definition) is 2. The van der Waals surface area contributed by atoms with Crippen LogP contribution in [0, 0.1) is 5.92 Å². The average Bonchev–Trinajstić information content (AvgIpc) is 3.28. The van der Waals surface area contributed by atoms with E-state index in [0.29, 0.717) is 0 Å². The van der Waals surface area contributed by atoms with Crippen molar-refractivity contribution in [3.8, 4) is 0 Å². The Morgan fingerprint density at radius 3 is 2.71 bits per heavy atom. The van der Waals surface area contributed by atoms with Gasteiger partial charge in [-0.15, -0.1) is 0 Å². The van der Waals surface area contributed by atoms with E-state index in [1.54, 1.807) is 0 Å². The lowest BCUT2D eigenvalue weighted by Crippen LogP contribution is -2.42. The number of nitrogens with one attached hydrogen (secondary N) is 2. The van der Waals surface area contributed by atoms with Gasteiger partial charge >= 0.3 is 0 Å². The van der Waals surface area contributed by atoms with Gasteiger partial charge in [-0.25, -0.2) is 0 Å². The Labute approximate surface area is 126 Å². The van der Waals surface area contributed by atoms with Gasteiger partial charge in [-0.3, -0.25) is 4.90 Å². The van der Waals surface area contributed by atoms with E-state index in [4.69, 9.17) is 0 Å². The summed E-state index contributed by atoms with van der Waals surface area (Å²) in [5, 5.41) is 5.14. The highest BCUT2D eigenvalue weighted by Gasteiger charge is 2.24. The Balaban J connectivity index is 1.31. The first-order valence-electron chi connectivity index (χ1n) is 8.39. The summed E-state index contributed by atoms with van der Waals surface area (Å²) in [6.45, 7) is 4.79. The fourth-order valence-corrected chi connectivity index (χ4v) is 3.45. The van der Waals surface area contributed by atoms with Crippen molar-refractivity contribution >= 4 is 10.9 Å². The number of hydrogen-bond acceptors (Lipinski definition) is 2. The molecule has 2 N–H and O–H groups in total. The number of fused-ring (bicyclic) bond motifs is 1. The van der Waals surface area contributed by atoms with Crippen molar-refractivity contribution in [3.63, 3.8) is 0 Å². The van der Waals surface area contributed by atoms with Gasteiger partial charge in [0.15, 0.2) is 0 Å². The van der Waals surface area contributed by atoms with Gasteiger partial charge in [-0.05, 0) is 62.9 Å². The van der Waals surface area contributed by atoms with Crippen molar-refractivity contribution in [2.24, 2.45) is 5.92 Å². The molecule has 3 heteroatoms. The summed E-state index contributed by atoms with van der Waals surface area (Å²) >= 11 is 0. The van der Waals surface area contributed by atoms with E-state index in [0.717, 1.165) is 18.5 Å². The summed E-state index contributed by atoms with van der Waals surface area (Å²) in [6.07, 6.45) is 7.69. The van der Waals surface area contributed by atoms with E-state index < -0.39 is 0 Å². The van der Waals surface area contributed by atoms with Crippen molar-refractivity contribution in [1.29, 1.82) is 0 Å². The summed E-state index contributed by atoms with van der Waals surface area (Å²) in [7, 11) is 0. The largest absolute Gasteiger partial charge is 0.361 e. The maximum atomic E-state index is 3.76. The minimum Gasteiger partial charge on any atom is -0.361 e. The molecule has 2 fully saturated rings. The smallest absolute Gasteiger partial charge is 0.0457 e. The van der Waals surface area contributed by atoms with Gasteiger partial charge in [0.2, 0.25) is 0 Å². The Morgan fingerprint density at radius 1 is 1.10 bits per heavy atom. The van der Waals surface area contributed by atoms with Crippen LogP contribution in [0.4, 0.5) is 0 Å². The number of rotatable bonds is 5. The predicted molar refractivity (Wildman–Crippen MR) is 87.3 cm³/mol. The van der Waals surface area contributed by atoms with E-state index in [-0.39, 0.29) is 0 Å². The summed E-state index contributed by atoms with van der Waals surface area (Å²) in [4.78, 5) is 5.99. The lowest BCUT2D eigenvalue weighted by molar-refractivity contribution is 0.190. The Hall–Kier alpha value is -1.32. The third kappa shape index (κ3) is 3.14. The highest BCUT2D eigenvalue weighted by atomic mass is 15.1. The van der Waals surface area contributed by atoms with E-state index in [1.807, 2.05) is 0 Å². The SMILES string of the molecule is c1ccc2c(CN3CCC(NCC4CC4)CC3)c[nH]c2c1. The quantitative estimate of drug-likeness (QED) is 0.883. The number of nitrogens with zero attached hydrogens (tertiary/aromatic N) is 1. The molecule has 3 nitrogen and oxygen atoms in total. The number of piperidine rings is 1. The van der Waals surface area contributed by atoms with Crippen LogP contribution in [-0.2, 0) is 6.54 Å². The van der Waals surface area contributed by atoms with Crippen LogP contribution >= 0.6 is 0 Å². The molecule has 112 valence electrons. The molecule has 1 aliphatic carbocycles. The molecule has 2 aliphatic rings. The van der Waals surface area contributed by atoms with Crippen LogP contribution < -0.4 is 5.32 Å². The average molecular weight is 283 g/mol. The van der Waals surface area contributed by atoms with E-state index >= 15 is 0 Å². The zero-order valence-electron chi connectivity index (χ0n) is 12.6. The molecule has 1 aromatic carbocycles. The van der Waals surface area contributed by atoms with Crippen LogP contribution in [0.3, 0.4) is 0 Å². The normalized spacial score (nSPS) is 21.1. The number of aromatic amines is 1. The molecule has 0 spiro atoms. The number of aromatic nitrogens is 1. The maximum Gasteiger partial charge on any atom is 0.0457 e. The summed E-state index contributed by atoms with van der Waals surface area (Å²) in [6, 6.07) is 9.37. The molecule has 2 heterocycles. The van der Waals surface area contributed by atoms with Crippen molar-refractivity contribution in [2.45, 2.75) is 38.3 Å². The summed E-state index contributed by atoms with van der Waals surface area (Å²) in [5.41, 5.74) is 2.70. The third-order valence-electron chi connectivity index (χ3n) is 5.05. The van der Waals surface area contributed by atoms with Gasteiger partial charge in [-0.1, -0.05) is 18.2 Å². The predicted octanol–water partition coefficient (Wildman–Crippen LogP) is 3.13. The zero-order chi connectivity index (χ0) is 14.1. The van der Waals surface area contributed by atoms with Crippen LogP contribution in [0.2, 0.25) is 0 Å². The Kier molecular flexibility index (Phi) is 3.70. The van der Waals surface area contributed by atoms with Crippen LogP contribution in [0.25, 0.3) is 10.9 Å². The molecule has 0 atom stereocenters. The van der Waals surface area contributed by atoms with Gasteiger partial charge in [0.05, 0.1) is 0 Å². The monoisotopic (exact) mass is 283 g/mol. The highest BCUT2D eigenvalue weighted by Crippen LogP contribution is 2.28. The molecule has 0 amide bonds. The zero-order valence-corrected chi connectivity index (χ0v) is 12.6. The molecular weight excluding hydrogens is 258 g/mol. The fourth-order valence-electron chi connectivity index (χ4n) is 3.45. The van der Waals surface area contributed by atoms with Crippen LogP contribution in [0.15, 0.2) is 30.5 Å². The van der Waals surface area contributed by atoms with Crippen LogP contribution in [0.5, 0.6) is 0 Å². The van der Waals surface area contributed by atoms with E-state index in [1.165, 1.54) is 61.8 Å². The molecule has 0 radical (unpaired) electrons. The summed E-state index contributed by atoms with van der Waals surface area (Å²) in [5.74, 6) is 0.995. The second-order valence-corrected chi connectivity index (χ2v) is 6.76. The minimum atomic E-state index is 0.754. The maximum absolute atomic E-state index is 3.76. The van der Waals surface area contributed by atoms with Gasteiger partial charge in [-0.2, -0.15) is 0 Å². The fraction of sp³-hybridized carbons (Fsp3) is 0.556. The van der Waals surface area contributed by atoms with E-state index in [9.17, 15) is 0 Å². The number of benzene rings is 1. The Morgan fingerprint density at radius 2 is 1.90 bits per heavy atom. The minimum absolute atomic E-state index is 0.754. The lowest BCUT2D eigenvalue weighted by atomic mass is 10.0. The topological polar surface area (TPSA) is 31.1 Å². The molecule has 21 heavy (non-hydrogen) atoms. The Bertz CT molecular complexity index is 591. The van der Waals surface area contributed by atoms with E-state index in [2.05, 4.69) is 45.7 Å². The first kappa shape index (κ1) is 13.4. The molecule has 1 saturated heterocycles. The molecule has 1 saturated carbocycles. The molecule has 1 aliphatic heterocycles. The molecule has 0 unspecified atom stereocenters. The van der Waals surface area contributed by atoms with Crippen molar-refractivity contribution in [3.05, 3.63) is 36.0 Å². The third-order valence-corrected chi connectivity index (χ3v) is 5.05. The second-order valence-electron chi connectivity index (χ2n) is 6.76. The molecule has 2 aromatic rings. The van der Waals surface area contributed by atoms with Gasteiger partial charge in [0.25, 0.3) is 0 Å². The van der Waals surface area contributed by atoms with Crippen molar-refractivity contribution < 1.29 is 0 Å². The first-order chi connectivity index (χ1) is 10.4. The number of likely N-dealkylation sites (tertiary alicyclic amines) is 1. The summed E-state index contributed by atoms with van der Waals surface area (Å²) < 4.78 is 0. The van der Waals surface area contributed by atoms with Crippen molar-refractivity contribution in [1.82, 2.24) is 15.2 Å². The molecule has 1 aromatic heterocycles. The van der Waals surface area contributed by atoms with Gasteiger partial charge < -0.3 is 10.3 Å². The number of para-hydroxylation sites is 1. The number of H-pyrrole nitrogens is 1. The first-order valence-corrected chi connectivity index (χ1v) is 8.39. The standard InChI is InChI=1S/C18H25N3/c1-2-4-18-17(3-1)15(12-20-18)13-21-9-7-16(8-10-21)19-11-14-5-6-14/h1-4,12,14,16,19-20H,5-11,13H2. The van der Waals surface area contributed by atoms with Crippen LogP contribution in [0.1, 0.15) is 31.2 Å². The van der Waals surface area contributed by atoms with Crippen LogP contribution in [-0.4, -0.2) is 35.6 Å². The van der Waals surface area contributed by atoms with Gasteiger partial charge in [0, 0.05) is 29.7 Å². The van der Waals surface area contributed by atoms with Crippen molar-refractivity contribution in [2.75, 3.05) is 19.6 Å². The molecular formula is C18H25N3. The molecule has 4 rings (SSSR count). The molecule has 0 bridgehead atoms.